The van der Waals surface area contributed by atoms with E-state index in [2.05, 4.69) is 15.3 Å². The van der Waals surface area contributed by atoms with Crippen molar-refractivity contribution in [3.63, 3.8) is 0 Å². The minimum Gasteiger partial charge on any atom is -0.376 e. The summed E-state index contributed by atoms with van der Waals surface area (Å²) in [5.74, 6) is -0.218. The lowest BCUT2D eigenvalue weighted by Crippen LogP contribution is -2.46. The number of carbonyl (C=O) groups excluding carboxylic acids is 1. The van der Waals surface area contributed by atoms with Crippen molar-refractivity contribution in [2.75, 3.05) is 6.54 Å². The highest BCUT2D eigenvalue weighted by atomic mass is 19.4. The molecule has 0 spiro atoms. The van der Waals surface area contributed by atoms with Gasteiger partial charge in [0.1, 0.15) is 0 Å². The molecule has 0 radical (unpaired) electrons. The van der Waals surface area contributed by atoms with Gasteiger partial charge < -0.3 is 10.0 Å². The molecule has 1 N–H and O–H groups in total. The molecule has 1 aliphatic rings. The number of hydrogen-bond donors (Lipinski definition) is 1. The zero-order valence-corrected chi connectivity index (χ0v) is 17.6. The second-order valence-corrected chi connectivity index (χ2v) is 8.15. The van der Waals surface area contributed by atoms with Gasteiger partial charge in [-0.3, -0.25) is 9.48 Å². The van der Waals surface area contributed by atoms with Crippen LogP contribution in [0.3, 0.4) is 0 Å². The summed E-state index contributed by atoms with van der Waals surface area (Å²) in [7, 11) is 0. The molecular formula is C21H23F3N6O2. The zero-order valence-electron chi connectivity index (χ0n) is 17.6. The maximum absolute atomic E-state index is 13.4. The molecule has 0 bridgehead atoms. The van der Waals surface area contributed by atoms with Crippen LogP contribution in [-0.2, 0) is 5.60 Å². The molecule has 0 unspecified atom stereocenters. The standard InChI is InChI=1S/C21H23F3N6O2/c1-14-7-8-16(29-12-15(11-27-29)20(2,32)21(22,23)24)13-28(14)19(31)17-5-3-4-6-18(17)30-25-9-10-26-30/h3-6,9-12,14,16,32H,7-8,13H2,1-2H3/t14-,16-,20-/m1/s1. The molecule has 1 amide bonds. The monoisotopic (exact) mass is 448 g/mol. The van der Waals surface area contributed by atoms with Crippen LogP contribution in [-0.4, -0.2) is 59.5 Å². The Morgan fingerprint density at radius 3 is 2.50 bits per heavy atom. The van der Waals surface area contributed by atoms with E-state index in [-0.39, 0.29) is 30.1 Å². The van der Waals surface area contributed by atoms with Gasteiger partial charge in [-0.15, -0.1) is 0 Å². The highest BCUT2D eigenvalue weighted by Gasteiger charge is 2.52. The summed E-state index contributed by atoms with van der Waals surface area (Å²) in [4.78, 5) is 16.5. The van der Waals surface area contributed by atoms with E-state index in [9.17, 15) is 23.1 Å². The van der Waals surface area contributed by atoms with Crippen LogP contribution in [0.5, 0.6) is 0 Å². The van der Waals surface area contributed by atoms with Crippen LogP contribution in [0.2, 0.25) is 0 Å². The zero-order chi connectivity index (χ0) is 23.1. The first-order valence-electron chi connectivity index (χ1n) is 10.2. The molecule has 1 aliphatic heterocycles. The Bertz CT molecular complexity index is 1090. The summed E-state index contributed by atoms with van der Waals surface area (Å²) in [6.45, 7) is 2.91. The molecule has 3 heterocycles. The molecule has 3 aromatic rings. The van der Waals surface area contributed by atoms with Gasteiger partial charge in [-0.1, -0.05) is 12.1 Å². The summed E-state index contributed by atoms with van der Waals surface area (Å²) in [6, 6.07) is 6.61. The van der Waals surface area contributed by atoms with Gasteiger partial charge in [0.25, 0.3) is 5.91 Å². The van der Waals surface area contributed by atoms with Crippen molar-refractivity contribution >= 4 is 5.91 Å². The molecule has 2 aromatic heterocycles. The van der Waals surface area contributed by atoms with Gasteiger partial charge in [-0.25, -0.2) is 0 Å². The van der Waals surface area contributed by atoms with Gasteiger partial charge in [0.15, 0.2) is 5.60 Å². The summed E-state index contributed by atoms with van der Waals surface area (Å²) >= 11 is 0. The van der Waals surface area contributed by atoms with E-state index in [0.717, 1.165) is 6.20 Å². The first-order valence-corrected chi connectivity index (χ1v) is 10.2. The van der Waals surface area contributed by atoms with E-state index in [1.54, 1.807) is 29.2 Å². The Morgan fingerprint density at radius 2 is 1.81 bits per heavy atom. The van der Waals surface area contributed by atoms with Crippen molar-refractivity contribution in [1.82, 2.24) is 29.7 Å². The van der Waals surface area contributed by atoms with E-state index >= 15 is 0 Å². The van der Waals surface area contributed by atoms with Crippen molar-refractivity contribution in [3.8, 4) is 5.69 Å². The van der Waals surface area contributed by atoms with Crippen LogP contribution < -0.4 is 0 Å². The maximum atomic E-state index is 13.4. The molecule has 4 rings (SSSR count). The van der Waals surface area contributed by atoms with Crippen LogP contribution in [0.4, 0.5) is 13.2 Å². The smallest absolute Gasteiger partial charge is 0.376 e. The van der Waals surface area contributed by atoms with Crippen molar-refractivity contribution in [3.05, 3.63) is 60.2 Å². The third kappa shape index (κ3) is 3.88. The number of aliphatic hydroxyl groups is 1. The largest absolute Gasteiger partial charge is 0.421 e. The van der Waals surface area contributed by atoms with Gasteiger partial charge >= 0.3 is 6.18 Å². The average Bonchev–Trinajstić information content (AvgIpc) is 3.45. The molecule has 11 heteroatoms. The molecule has 1 saturated heterocycles. The van der Waals surface area contributed by atoms with E-state index in [0.29, 0.717) is 31.0 Å². The van der Waals surface area contributed by atoms with Gasteiger partial charge in [0, 0.05) is 24.3 Å². The normalized spacial score (nSPS) is 21.4. The second-order valence-electron chi connectivity index (χ2n) is 8.15. The van der Waals surface area contributed by atoms with Crippen molar-refractivity contribution in [1.29, 1.82) is 0 Å². The molecule has 170 valence electrons. The van der Waals surface area contributed by atoms with E-state index in [4.69, 9.17) is 0 Å². The predicted molar refractivity (Wildman–Crippen MR) is 108 cm³/mol. The summed E-state index contributed by atoms with van der Waals surface area (Å²) in [6.07, 6.45) is 1.74. The highest BCUT2D eigenvalue weighted by molar-refractivity contribution is 5.98. The van der Waals surface area contributed by atoms with Crippen LogP contribution in [0.1, 0.15) is 48.7 Å². The Kier molecular flexibility index (Phi) is 5.53. The van der Waals surface area contributed by atoms with Gasteiger partial charge in [-0.05, 0) is 38.8 Å². The molecule has 0 aliphatic carbocycles. The van der Waals surface area contributed by atoms with Crippen LogP contribution in [0, 0.1) is 0 Å². The Hall–Kier alpha value is -3.21. The highest BCUT2D eigenvalue weighted by Crippen LogP contribution is 2.39. The molecule has 32 heavy (non-hydrogen) atoms. The van der Waals surface area contributed by atoms with Gasteiger partial charge in [0.05, 0.1) is 35.9 Å². The number of benzene rings is 1. The van der Waals surface area contributed by atoms with E-state index in [1.807, 2.05) is 6.92 Å². The lowest BCUT2D eigenvalue weighted by molar-refractivity contribution is -0.258. The Morgan fingerprint density at radius 1 is 1.12 bits per heavy atom. The average molecular weight is 448 g/mol. The Balaban J connectivity index is 1.59. The number of piperidine rings is 1. The number of aromatic nitrogens is 5. The summed E-state index contributed by atoms with van der Waals surface area (Å²) < 4.78 is 40.9. The van der Waals surface area contributed by atoms with E-state index in [1.165, 1.54) is 28.1 Å². The summed E-state index contributed by atoms with van der Waals surface area (Å²) in [5.41, 5.74) is -2.37. The first kappa shape index (κ1) is 22.0. The minimum atomic E-state index is -4.83. The number of carbonyl (C=O) groups is 1. The fourth-order valence-electron chi connectivity index (χ4n) is 3.86. The van der Waals surface area contributed by atoms with Crippen LogP contribution in [0.15, 0.2) is 49.1 Å². The lowest BCUT2D eigenvalue weighted by atomic mass is 9.97. The van der Waals surface area contributed by atoms with Crippen LogP contribution >= 0.6 is 0 Å². The number of rotatable bonds is 4. The number of hydrogen-bond acceptors (Lipinski definition) is 5. The number of halogens is 3. The molecule has 0 saturated carbocycles. The number of para-hydroxylation sites is 1. The number of amides is 1. The fourth-order valence-corrected chi connectivity index (χ4v) is 3.86. The minimum absolute atomic E-state index is 0.0642. The fraction of sp³-hybridized carbons (Fsp3) is 0.429. The molecule has 8 nitrogen and oxygen atoms in total. The van der Waals surface area contributed by atoms with Crippen molar-refractivity contribution in [2.24, 2.45) is 0 Å². The molecule has 1 aromatic carbocycles. The maximum Gasteiger partial charge on any atom is 0.421 e. The third-order valence-corrected chi connectivity index (χ3v) is 5.98. The molecule has 3 atom stereocenters. The lowest BCUT2D eigenvalue weighted by Gasteiger charge is -2.38. The number of nitrogens with zero attached hydrogens (tertiary/aromatic N) is 6. The van der Waals surface area contributed by atoms with Gasteiger partial charge in [0.2, 0.25) is 0 Å². The Labute approximate surface area is 182 Å². The SMILES string of the molecule is C[C@@H]1CC[C@@H](n2cc([C@@](C)(O)C(F)(F)F)cn2)CN1C(=O)c1ccccc1-n1nccn1. The number of alkyl halides is 3. The second kappa shape index (κ2) is 8.05. The van der Waals surface area contributed by atoms with Crippen molar-refractivity contribution in [2.45, 2.75) is 50.6 Å². The topological polar surface area (TPSA) is 89.1 Å². The van der Waals surface area contributed by atoms with Crippen molar-refractivity contribution < 1.29 is 23.1 Å². The first-order chi connectivity index (χ1) is 15.1. The summed E-state index contributed by atoms with van der Waals surface area (Å²) in [5, 5.41) is 22.2. The van der Waals surface area contributed by atoms with Gasteiger partial charge in [-0.2, -0.15) is 33.3 Å². The van der Waals surface area contributed by atoms with E-state index < -0.39 is 11.8 Å². The number of likely N-dealkylation sites (tertiary alicyclic amines) is 1. The third-order valence-electron chi connectivity index (χ3n) is 5.98. The predicted octanol–water partition coefficient (Wildman–Crippen LogP) is 3.10. The van der Waals surface area contributed by atoms with Crippen LogP contribution in [0.25, 0.3) is 5.69 Å². The quantitative estimate of drug-likeness (QED) is 0.663. The molecular weight excluding hydrogens is 425 g/mol. The molecule has 1 fully saturated rings.